The zero-order chi connectivity index (χ0) is 13.8. The van der Waals surface area contributed by atoms with Crippen LogP contribution in [0.25, 0.3) is 5.82 Å². The van der Waals surface area contributed by atoms with Crippen LogP contribution in [0.2, 0.25) is 0 Å². The summed E-state index contributed by atoms with van der Waals surface area (Å²) in [5, 5.41) is 4.53. The van der Waals surface area contributed by atoms with E-state index in [-0.39, 0.29) is 0 Å². The Balaban J connectivity index is 1.63. The van der Waals surface area contributed by atoms with E-state index < -0.39 is 0 Å². The molecule has 0 atom stereocenters. The van der Waals surface area contributed by atoms with Crippen molar-refractivity contribution >= 4 is 17.0 Å². The molecule has 0 fully saturated rings. The van der Waals surface area contributed by atoms with Crippen LogP contribution >= 0.6 is 11.3 Å². The van der Waals surface area contributed by atoms with Crippen LogP contribution in [0.4, 0.5) is 5.69 Å². The van der Waals surface area contributed by atoms with E-state index in [9.17, 15) is 0 Å². The average Bonchev–Trinajstić information content (AvgIpc) is 3.17. The van der Waals surface area contributed by atoms with Crippen molar-refractivity contribution in [3.8, 4) is 5.82 Å². The lowest BCUT2D eigenvalue weighted by atomic mass is 10.4. The zero-order valence-corrected chi connectivity index (χ0v) is 12.0. The minimum atomic E-state index is 0.782. The highest BCUT2D eigenvalue weighted by molar-refractivity contribution is 7.11. The van der Waals surface area contributed by atoms with Gasteiger partial charge in [0, 0.05) is 23.5 Å². The second-order valence-corrected chi connectivity index (χ2v) is 5.50. The molecule has 0 unspecified atom stereocenters. The molecule has 102 valence electrons. The van der Waals surface area contributed by atoms with Gasteiger partial charge in [0.2, 0.25) is 0 Å². The molecule has 0 aromatic carbocycles. The Labute approximate surface area is 121 Å². The molecule has 3 aromatic heterocycles. The third-order valence-electron chi connectivity index (χ3n) is 2.89. The number of aromatic nitrogens is 4. The van der Waals surface area contributed by atoms with Crippen LogP contribution < -0.4 is 5.32 Å². The molecule has 0 spiro atoms. The van der Waals surface area contributed by atoms with Crippen LogP contribution in [0.5, 0.6) is 0 Å². The van der Waals surface area contributed by atoms with E-state index >= 15 is 0 Å². The number of thiazole rings is 1. The maximum atomic E-state index is 4.40. The van der Waals surface area contributed by atoms with Gasteiger partial charge in [-0.1, -0.05) is 6.92 Å². The van der Waals surface area contributed by atoms with Crippen LogP contribution in [0.15, 0.2) is 43.2 Å². The molecule has 3 aromatic rings. The highest BCUT2D eigenvalue weighted by Crippen LogP contribution is 2.16. The Morgan fingerprint density at radius 1 is 1.25 bits per heavy atom. The molecule has 5 nitrogen and oxygen atoms in total. The molecule has 0 saturated carbocycles. The number of hydrogen-bond acceptors (Lipinski definition) is 5. The molecule has 1 N–H and O–H groups in total. The van der Waals surface area contributed by atoms with Crippen LogP contribution in [0.3, 0.4) is 0 Å². The van der Waals surface area contributed by atoms with E-state index in [1.807, 2.05) is 35.3 Å². The van der Waals surface area contributed by atoms with E-state index in [0.29, 0.717) is 0 Å². The highest BCUT2D eigenvalue weighted by atomic mass is 32.1. The molecule has 0 radical (unpaired) electrons. The molecule has 0 saturated heterocycles. The molecule has 0 bridgehead atoms. The lowest BCUT2D eigenvalue weighted by molar-refractivity contribution is 0.991. The van der Waals surface area contributed by atoms with Crippen LogP contribution in [-0.2, 0) is 13.0 Å². The van der Waals surface area contributed by atoms with E-state index in [2.05, 4.69) is 27.2 Å². The van der Waals surface area contributed by atoms with E-state index in [1.165, 1.54) is 9.88 Å². The summed E-state index contributed by atoms with van der Waals surface area (Å²) < 4.78 is 1.88. The number of rotatable bonds is 5. The zero-order valence-electron chi connectivity index (χ0n) is 11.2. The van der Waals surface area contributed by atoms with Crippen molar-refractivity contribution in [2.45, 2.75) is 19.9 Å². The summed E-state index contributed by atoms with van der Waals surface area (Å²) in [5.41, 5.74) is 1.00. The van der Waals surface area contributed by atoms with Crippen LogP contribution in [0.1, 0.15) is 16.8 Å². The topological polar surface area (TPSA) is 55.6 Å². The number of anilines is 1. The molecule has 0 amide bonds. The monoisotopic (exact) mass is 285 g/mol. The van der Waals surface area contributed by atoms with Crippen molar-refractivity contribution in [2.24, 2.45) is 0 Å². The first-order chi connectivity index (χ1) is 9.85. The van der Waals surface area contributed by atoms with E-state index in [4.69, 9.17) is 0 Å². The van der Waals surface area contributed by atoms with Crippen LogP contribution in [0, 0.1) is 0 Å². The van der Waals surface area contributed by atoms with Gasteiger partial charge in [-0.2, -0.15) is 0 Å². The second kappa shape index (κ2) is 5.83. The molecule has 20 heavy (non-hydrogen) atoms. The molecule has 0 aliphatic rings. The van der Waals surface area contributed by atoms with Gasteiger partial charge in [0.15, 0.2) is 0 Å². The Morgan fingerprint density at radius 3 is 2.85 bits per heavy atom. The number of imidazole rings is 1. The maximum absolute atomic E-state index is 4.40. The fourth-order valence-corrected chi connectivity index (χ4v) is 2.62. The normalized spacial score (nSPS) is 10.7. The summed E-state index contributed by atoms with van der Waals surface area (Å²) in [6.07, 6.45) is 10.1. The molecule has 0 aliphatic carbocycles. The minimum absolute atomic E-state index is 0.782. The van der Waals surface area contributed by atoms with Gasteiger partial charge in [-0.3, -0.25) is 4.57 Å². The Kier molecular flexibility index (Phi) is 3.73. The third-order valence-corrected chi connectivity index (χ3v) is 4.03. The van der Waals surface area contributed by atoms with Crippen molar-refractivity contribution < 1.29 is 0 Å². The third kappa shape index (κ3) is 2.85. The van der Waals surface area contributed by atoms with Crippen molar-refractivity contribution in [3.05, 3.63) is 53.1 Å². The molecular formula is C14H15N5S. The predicted octanol–water partition coefficient (Wildman–Crippen LogP) is 2.90. The smallest absolute Gasteiger partial charge is 0.137 e. The summed E-state index contributed by atoms with van der Waals surface area (Å²) in [5.74, 6) is 0.860. The molecule has 0 aliphatic heterocycles. The van der Waals surface area contributed by atoms with Crippen molar-refractivity contribution in [1.82, 2.24) is 19.5 Å². The van der Waals surface area contributed by atoms with E-state index in [0.717, 1.165) is 24.5 Å². The van der Waals surface area contributed by atoms with Crippen molar-refractivity contribution in [1.29, 1.82) is 0 Å². The van der Waals surface area contributed by atoms with Gasteiger partial charge < -0.3 is 5.32 Å². The second-order valence-electron chi connectivity index (χ2n) is 4.30. The Bertz CT molecular complexity index is 657. The first kappa shape index (κ1) is 12.8. The molecule has 3 rings (SSSR count). The van der Waals surface area contributed by atoms with Crippen molar-refractivity contribution in [2.75, 3.05) is 5.32 Å². The number of nitrogens with one attached hydrogen (secondary N) is 1. The number of aryl methyl sites for hydroxylation is 1. The van der Waals surface area contributed by atoms with Gasteiger partial charge in [0.25, 0.3) is 0 Å². The summed E-state index contributed by atoms with van der Waals surface area (Å²) in [4.78, 5) is 14.0. The van der Waals surface area contributed by atoms with Gasteiger partial charge in [-0.25, -0.2) is 15.0 Å². The number of nitrogens with zero attached hydrogens (tertiary/aromatic N) is 4. The lowest BCUT2D eigenvalue weighted by Crippen LogP contribution is -1.99. The highest BCUT2D eigenvalue weighted by Gasteiger charge is 2.01. The SMILES string of the molecule is CCc1ncc(CNc2ccc(-n3ccnc3)nc2)s1. The largest absolute Gasteiger partial charge is 0.379 e. The quantitative estimate of drug-likeness (QED) is 0.783. The standard InChI is InChI=1S/C14H15N5S/c1-2-14-18-9-12(20-14)8-16-11-3-4-13(17-7-11)19-6-5-15-10-19/h3-7,9-10,16H,2,8H2,1H3. The van der Waals surface area contributed by atoms with Gasteiger partial charge in [-0.05, 0) is 18.6 Å². The number of hydrogen-bond donors (Lipinski definition) is 1. The fourth-order valence-electron chi connectivity index (χ4n) is 1.82. The van der Waals surface area contributed by atoms with Gasteiger partial charge in [0.05, 0.1) is 23.4 Å². The Hall–Kier alpha value is -2.21. The van der Waals surface area contributed by atoms with Gasteiger partial charge in [0.1, 0.15) is 12.1 Å². The van der Waals surface area contributed by atoms with Crippen LogP contribution in [-0.4, -0.2) is 19.5 Å². The molecule has 3 heterocycles. The first-order valence-electron chi connectivity index (χ1n) is 6.47. The summed E-state index contributed by atoms with van der Waals surface area (Å²) in [7, 11) is 0. The van der Waals surface area contributed by atoms with Gasteiger partial charge >= 0.3 is 0 Å². The lowest BCUT2D eigenvalue weighted by Gasteiger charge is -2.05. The number of pyridine rings is 1. The minimum Gasteiger partial charge on any atom is -0.379 e. The van der Waals surface area contributed by atoms with E-state index in [1.54, 1.807) is 23.9 Å². The van der Waals surface area contributed by atoms with Crippen molar-refractivity contribution in [3.63, 3.8) is 0 Å². The first-order valence-corrected chi connectivity index (χ1v) is 7.28. The average molecular weight is 285 g/mol. The predicted molar refractivity (Wildman–Crippen MR) is 80.2 cm³/mol. The molecular weight excluding hydrogens is 270 g/mol. The van der Waals surface area contributed by atoms with Gasteiger partial charge in [-0.15, -0.1) is 11.3 Å². The summed E-state index contributed by atoms with van der Waals surface area (Å²) >= 11 is 1.75. The molecule has 6 heteroatoms. The Morgan fingerprint density at radius 2 is 2.20 bits per heavy atom. The summed E-state index contributed by atoms with van der Waals surface area (Å²) in [6.45, 7) is 2.90. The fraction of sp³-hybridized carbons (Fsp3) is 0.214. The maximum Gasteiger partial charge on any atom is 0.137 e. The summed E-state index contributed by atoms with van der Waals surface area (Å²) in [6, 6.07) is 3.98.